The predicted molar refractivity (Wildman–Crippen MR) is 147 cm³/mol. The van der Waals surface area contributed by atoms with Gasteiger partial charge in [-0.1, -0.05) is 81.3 Å². The van der Waals surface area contributed by atoms with E-state index in [0.717, 1.165) is 56.6 Å². The molecule has 0 radical (unpaired) electrons. The zero-order chi connectivity index (χ0) is 24.3. The zero-order valence-corrected chi connectivity index (χ0v) is 21.9. The minimum absolute atomic E-state index is 0.738. The van der Waals surface area contributed by atoms with Crippen LogP contribution in [-0.4, -0.2) is 30.8 Å². The molecule has 182 valence electrons. The topological polar surface area (TPSA) is 36.3 Å². The summed E-state index contributed by atoms with van der Waals surface area (Å²) >= 11 is 0. The van der Waals surface area contributed by atoms with Gasteiger partial charge in [0.1, 0.15) is 11.5 Å². The lowest BCUT2D eigenvalue weighted by Crippen LogP contribution is -2.69. The van der Waals surface area contributed by atoms with Gasteiger partial charge < -0.3 is 14.0 Å². The minimum atomic E-state index is -2.52. The highest BCUT2D eigenvalue weighted by Gasteiger charge is 2.40. The SMILES string of the molecule is CCCCOc1cccc([Si](Cn2ccnc2)(c2ccccc2)c2cccc(OCCCC)c2)c1. The maximum absolute atomic E-state index is 6.16. The Balaban J connectivity index is 1.87. The summed E-state index contributed by atoms with van der Waals surface area (Å²) in [7, 11) is -2.52. The Bertz CT molecular complexity index is 1110. The van der Waals surface area contributed by atoms with Gasteiger partial charge in [0.15, 0.2) is 8.07 Å². The van der Waals surface area contributed by atoms with Gasteiger partial charge in [-0.2, -0.15) is 0 Å². The number of imidazole rings is 1. The van der Waals surface area contributed by atoms with Crippen LogP contribution in [0.15, 0.2) is 97.6 Å². The molecule has 5 heteroatoms. The highest BCUT2D eigenvalue weighted by atomic mass is 28.3. The van der Waals surface area contributed by atoms with Crippen LogP contribution in [-0.2, 0) is 6.17 Å². The van der Waals surface area contributed by atoms with Crippen LogP contribution in [0.25, 0.3) is 0 Å². The van der Waals surface area contributed by atoms with Crippen LogP contribution >= 0.6 is 0 Å². The summed E-state index contributed by atoms with van der Waals surface area (Å²) in [5, 5.41) is 3.99. The maximum atomic E-state index is 6.16. The summed E-state index contributed by atoms with van der Waals surface area (Å²) in [5.41, 5.74) is 0. The normalized spacial score (nSPS) is 11.4. The molecule has 4 nitrogen and oxygen atoms in total. The molecule has 0 atom stereocenters. The molecule has 0 unspecified atom stereocenters. The van der Waals surface area contributed by atoms with Gasteiger partial charge >= 0.3 is 0 Å². The highest BCUT2D eigenvalue weighted by molar-refractivity contribution is 7.10. The van der Waals surface area contributed by atoms with Crippen LogP contribution in [0, 0.1) is 0 Å². The molecule has 0 saturated carbocycles. The molecule has 0 aliphatic carbocycles. The van der Waals surface area contributed by atoms with Crippen molar-refractivity contribution in [1.82, 2.24) is 9.55 Å². The van der Waals surface area contributed by atoms with Crippen molar-refractivity contribution in [3.63, 3.8) is 0 Å². The summed E-state index contributed by atoms with van der Waals surface area (Å²) in [6, 6.07) is 28.4. The fourth-order valence-electron chi connectivity index (χ4n) is 4.52. The lowest BCUT2D eigenvalue weighted by atomic mass is 10.3. The standard InChI is InChI=1S/C30H36N2O2Si/c1-3-5-20-33-26-12-10-16-29(22-26)35(25-32-19-18-31-24-32,28-14-8-7-9-15-28)30-17-11-13-27(23-30)34-21-6-4-2/h7-19,22-24H,3-6,20-21,25H2,1-2H3. The Hall–Kier alpha value is -3.31. The number of hydrogen-bond acceptors (Lipinski definition) is 3. The molecule has 0 bridgehead atoms. The quantitative estimate of drug-likeness (QED) is 0.153. The van der Waals surface area contributed by atoms with E-state index < -0.39 is 8.07 Å². The Labute approximate surface area is 210 Å². The first-order chi connectivity index (χ1) is 17.3. The van der Waals surface area contributed by atoms with Gasteiger partial charge in [0.2, 0.25) is 0 Å². The molecule has 1 heterocycles. The average molecular weight is 485 g/mol. The van der Waals surface area contributed by atoms with Crippen molar-refractivity contribution in [2.45, 2.75) is 45.7 Å². The Kier molecular flexibility index (Phi) is 8.79. The van der Waals surface area contributed by atoms with Gasteiger partial charge in [0, 0.05) is 18.6 Å². The van der Waals surface area contributed by atoms with E-state index in [1.807, 2.05) is 12.5 Å². The van der Waals surface area contributed by atoms with Gasteiger partial charge in [0.05, 0.1) is 19.5 Å². The van der Waals surface area contributed by atoms with E-state index in [0.29, 0.717) is 0 Å². The Morgan fingerprint density at radius 3 is 1.80 bits per heavy atom. The molecule has 3 aromatic carbocycles. The molecule has 35 heavy (non-hydrogen) atoms. The molecular weight excluding hydrogens is 448 g/mol. The summed E-state index contributed by atoms with van der Waals surface area (Å²) < 4.78 is 14.5. The molecule has 4 rings (SSSR count). The van der Waals surface area contributed by atoms with E-state index in [9.17, 15) is 0 Å². The third kappa shape index (κ3) is 6.04. The van der Waals surface area contributed by atoms with Crippen LogP contribution in [0.5, 0.6) is 11.5 Å². The van der Waals surface area contributed by atoms with Gasteiger partial charge in [-0.25, -0.2) is 4.98 Å². The predicted octanol–water partition coefficient (Wildman–Crippen LogP) is 4.95. The van der Waals surface area contributed by atoms with Crippen molar-refractivity contribution in [3.8, 4) is 11.5 Å². The van der Waals surface area contributed by atoms with Gasteiger partial charge in [-0.05, 0) is 52.7 Å². The average Bonchev–Trinajstić information content (AvgIpc) is 3.42. The van der Waals surface area contributed by atoms with Crippen LogP contribution in [0.3, 0.4) is 0 Å². The second kappa shape index (κ2) is 12.4. The van der Waals surface area contributed by atoms with E-state index in [1.165, 1.54) is 15.6 Å². The number of unbranched alkanes of at least 4 members (excludes halogenated alkanes) is 2. The van der Waals surface area contributed by atoms with Crippen molar-refractivity contribution < 1.29 is 9.47 Å². The van der Waals surface area contributed by atoms with E-state index in [2.05, 4.69) is 108 Å². The molecule has 0 amide bonds. The first-order valence-corrected chi connectivity index (χ1v) is 14.9. The molecule has 0 spiro atoms. The van der Waals surface area contributed by atoms with Gasteiger partial charge in [0.25, 0.3) is 0 Å². The third-order valence-corrected chi connectivity index (χ3v) is 11.2. The molecule has 1 aromatic heterocycles. The molecule has 0 aliphatic heterocycles. The summed E-state index contributed by atoms with van der Waals surface area (Å²) in [6.07, 6.45) is 11.0. The number of benzene rings is 3. The smallest absolute Gasteiger partial charge is 0.168 e. The van der Waals surface area contributed by atoms with Crippen molar-refractivity contribution in [3.05, 3.63) is 97.6 Å². The summed E-state index contributed by atoms with van der Waals surface area (Å²) in [5.74, 6) is 1.87. The maximum Gasteiger partial charge on any atom is 0.168 e. The van der Waals surface area contributed by atoms with Gasteiger partial charge in [-0.3, -0.25) is 0 Å². The largest absolute Gasteiger partial charge is 0.494 e. The molecule has 0 aliphatic rings. The fourth-order valence-corrected chi connectivity index (χ4v) is 9.10. The van der Waals surface area contributed by atoms with E-state index in [1.54, 1.807) is 0 Å². The fraction of sp³-hybridized carbons (Fsp3) is 0.300. The van der Waals surface area contributed by atoms with Crippen molar-refractivity contribution in [1.29, 1.82) is 0 Å². The molecular formula is C30H36N2O2Si. The Morgan fingerprint density at radius 2 is 1.29 bits per heavy atom. The number of hydrogen-bond donors (Lipinski definition) is 0. The van der Waals surface area contributed by atoms with Crippen molar-refractivity contribution in [2.75, 3.05) is 13.2 Å². The molecule has 0 N–H and O–H groups in total. The first kappa shape index (κ1) is 24.8. The molecule has 4 aromatic rings. The van der Waals surface area contributed by atoms with E-state index >= 15 is 0 Å². The number of aromatic nitrogens is 2. The zero-order valence-electron chi connectivity index (χ0n) is 20.9. The number of nitrogens with zero attached hydrogens (tertiary/aromatic N) is 2. The van der Waals surface area contributed by atoms with Crippen molar-refractivity contribution >= 4 is 23.6 Å². The molecule has 0 saturated heterocycles. The van der Waals surface area contributed by atoms with Crippen LogP contribution < -0.4 is 25.0 Å². The first-order valence-electron chi connectivity index (χ1n) is 12.7. The second-order valence-electron chi connectivity index (χ2n) is 8.97. The number of ether oxygens (including phenoxy) is 2. The van der Waals surface area contributed by atoms with Crippen LogP contribution in [0.1, 0.15) is 39.5 Å². The summed E-state index contributed by atoms with van der Waals surface area (Å²) in [6.45, 7) is 5.85. The molecule has 0 fully saturated rings. The van der Waals surface area contributed by atoms with E-state index in [4.69, 9.17) is 9.47 Å². The van der Waals surface area contributed by atoms with Gasteiger partial charge in [-0.15, -0.1) is 0 Å². The van der Waals surface area contributed by atoms with Crippen LogP contribution in [0.4, 0.5) is 0 Å². The third-order valence-electron chi connectivity index (χ3n) is 6.43. The Morgan fingerprint density at radius 1 is 0.714 bits per heavy atom. The minimum Gasteiger partial charge on any atom is -0.494 e. The second-order valence-corrected chi connectivity index (χ2v) is 12.8. The van der Waals surface area contributed by atoms with Crippen molar-refractivity contribution in [2.24, 2.45) is 0 Å². The lowest BCUT2D eigenvalue weighted by molar-refractivity contribution is 0.309. The highest BCUT2D eigenvalue weighted by Crippen LogP contribution is 2.18. The van der Waals surface area contributed by atoms with E-state index in [-0.39, 0.29) is 0 Å². The van der Waals surface area contributed by atoms with Crippen LogP contribution in [0.2, 0.25) is 0 Å². The number of rotatable bonds is 13. The lowest BCUT2D eigenvalue weighted by Gasteiger charge is -2.34. The summed E-state index contributed by atoms with van der Waals surface area (Å²) in [4.78, 5) is 4.36. The monoisotopic (exact) mass is 484 g/mol.